The molecule has 1 unspecified atom stereocenters. The highest BCUT2D eigenvalue weighted by Crippen LogP contribution is 2.33. The van der Waals surface area contributed by atoms with Crippen LogP contribution in [0.1, 0.15) is 34.8 Å². The lowest BCUT2D eigenvalue weighted by Gasteiger charge is -2.28. The molecule has 1 atom stereocenters. The van der Waals surface area contributed by atoms with Crippen LogP contribution in [0.25, 0.3) is 0 Å². The van der Waals surface area contributed by atoms with Crippen molar-refractivity contribution in [2.45, 2.75) is 25.1 Å². The number of amides is 2. The maximum atomic E-state index is 12.8. The number of methoxy groups -OCH3 is 2. The number of hydrogen-bond donors (Lipinski definition) is 1. The van der Waals surface area contributed by atoms with Crippen LogP contribution in [0.3, 0.4) is 0 Å². The van der Waals surface area contributed by atoms with E-state index in [0.717, 1.165) is 23.3 Å². The van der Waals surface area contributed by atoms with Gasteiger partial charge < -0.3 is 14.8 Å². The van der Waals surface area contributed by atoms with E-state index in [4.69, 9.17) is 14.6 Å². The average Bonchev–Trinajstić information content (AvgIpc) is 2.90. The number of hydrazone groups is 1. The molecule has 1 aliphatic rings. The molecule has 0 fully saturated rings. The van der Waals surface area contributed by atoms with Gasteiger partial charge in [0, 0.05) is 29.2 Å². The number of rotatable bonds is 8. The Kier molecular flexibility index (Phi) is 7.67. The molecule has 2 amide bonds. The zero-order valence-corrected chi connectivity index (χ0v) is 20.5. The number of nitrogens with one attached hydrogen (secondary N) is 1. The summed E-state index contributed by atoms with van der Waals surface area (Å²) >= 11 is 1.27. The Labute approximate surface area is 208 Å². The van der Waals surface area contributed by atoms with Crippen molar-refractivity contribution in [2.75, 3.05) is 19.5 Å². The van der Waals surface area contributed by atoms with E-state index in [1.54, 1.807) is 38.7 Å². The van der Waals surface area contributed by atoms with Crippen LogP contribution in [0.4, 0.5) is 10.5 Å². The summed E-state index contributed by atoms with van der Waals surface area (Å²) in [5.74, 6) is 1.04. The standard InChI is InChI=1S/C26H26N4O4S/c1-4-23-24(19-7-10-21(33-2)22(15-19)34-3)29-30(26(32)35-23)16-17-5-8-20(9-6-17)28-25(31)18-11-13-27-14-12-18/h5-15,23H,4,16H2,1-3H3,(H,28,31). The number of nitrogens with zero attached hydrogens (tertiary/aromatic N) is 3. The smallest absolute Gasteiger partial charge is 0.302 e. The van der Waals surface area contributed by atoms with E-state index in [0.29, 0.717) is 29.3 Å². The molecule has 35 heavy (non-hydrogen) atoms. The molecule has 3 aromatic rings. The van der Waals surface area contributed by atoms with E-state index >= 15 is 0 Å². The minimum absolute atomic E-state index is 0.0531. The highest BCUT2D eigenvalue weighted by atomic mass is 32.2. The van der Waals surface area contributed by atoms with Gasteiger partial charge in [0.25, 0.3) is 5.91 Å². The van der Waals surface area contributed by atoms with Gasteiger partial charge in [-0.15, -0.1) is 0 Å². The summed E-state index contributed by atoms with van der Waals surface area (Å²) in [6, 6.07) is 16.3. The monoisotopic (exact) mass is 490 g/mol. The van der Waals surface area contributed by atoms with E-state index < -0.39 is 0 Å². The zero-order chi connectivity index (χ0) is 24.8. The van der Waals surface area contributed by atoms with Gasteiger partial charge in [0.1, 0.15) is 0 Å². The van der Waals surface area contributed by atoms with Crippen LogP contribution in [-0.2, 0) is 6.54 Å². The molecule has 0 saturated carbocycles. The molecule has 0 radical (unpaired) electrons. The molecule has 2 aromatic carbocycles. The summed E-state index contributed by atoms with van der Waals surface area (Å²) in [6.45, 7) is 2.35. The first-order valence-corrected chi connectivity index (χ1v) is 12.0. The third-order valence-electron chi connectivity index (χ3n) is 5.52. The Morgan fingerprint density at radius 3 is 2.40 bits per heavy atom. The summed E-state index contributed by atoms with van der Waals surface area (Å²) in [4.78, 5) is 29.1. The Bertz CT molecular complexity index is 1230. The molecule has 180 valence electrons. The largest absolute Gasteiger partial charge is 0.493 e. The van der Waals surface area contributed by atoms with E-state index in [9.17, 15) is 9.59 Å². The summed E-state index contributed by atoms with van der Waals surface area (Å²) in [6.07, 6.45) is 3.92. The molecule has 1 aromatic heterocycles. The van der Waals surface area contributed by atoms with Gasteiger partial charge in [-0.2, -0.15) is 5.10 Å². The molecule has 9 heteroatoms. The number of benzene rings is 2. The number of thioether (sulfide) groups is 1. The number of carbonyl (C=O) groups is 2. The van der Waals surface area contributed by atoms with Gasteiger partial charge in [-0.3, -0.25) is 14.6 Å². The quantitative estimate of drug-likeness (QED) is 0.466. The van der Waals surface area contributed by atoms with Crippen molar-refractivity contribution in [1.29, 1.82) is 0 Å². The van der Waals surface area contributed by atoms with Crippen LogP contribution in [0.5, 0.6) is 11.5 Å². The van der Waals surface area contributed by atoms with Gasteiger partial charge in [-0.25, -0.2) is 5.01 Å². The topological polar surface area (TPSA) is 93.1 Å². The van der Waals surface area contributed by atoms with Crippen molar-refractivity contribution >= 4 is 34.3 Å². The van der Waals surface area contributed by atoms with E-state index in [2.05, 4.69) is 10.3 Å². The number of carbonyl (C=O) groups excluding carboxylic acids is 2. The summed E-state index contributed by atoms with van der Waals surface area (Å²) in [5, 5.41) is 8.91. The second-order valence-corrected chi connectivity index (χ2v) is 8.93. The highest BCUT2D eigenvalue weighted by Gasteiger charge is 2.30. The Hall–Kier alpha value is -3.85. The first-order valence-electron chi connectivity index (χ1n) is 11.1. The molecule has 0 aliphatic carbocycles. The minimum atomic E-state index is -0.211. The second kappa shape index (κ2) is 11.1. The molecule has 8 nitrogen and oxygen atoms in total. The number of ether oxygens (including phenoxy) is 2. The van der Waals surface area contributed by atoms with Crippen LogP contribution in [0.15, 0.2) is 72.1 Å². The third kappa shape index (κ3) is 5.63. The van der Waals surface area contributed by atoms with Crippen LogP contribution in [0.2, 0.25) is 0 Å². The predicted octanol–water partition coefficient (Wildman–Crippen LogP) is 5.20. The normalized spacial score (nSPS) is 15.4. The predicted molar refractivity (Wildman–Crippen MR) is 137 cm³/mol. The fourth-order valence-electron chi connectivity index (χ4n) is 3.66. The fourth-order valence-corrected chi connectivity index (χ4v) is 4.59. The van der Waals surface area contributed by atoms with Crippen molar-refractivity contribution in [2.24, 2.45) is 5.10 Å². The van der Waals surface area contributed by atoms with Gasteiger partial charge in [0.05, 0.1) is 31.7 Å². The summed E-state index contributed by atoms with van der Waals surface area (Å²) < 4.78 is 10.8. The van der Waals surface area contributed by atoms with Crippen molar-refractivity contribution < 1.29 is 19.1 Å². The zero-order valence-electron chi connectivity index (χ0n) is 19.7. The Balaban J connectivity index is 1.52. The van der Waals surface area contributed by atoms with Crippen molar-refractivity contribution in [3.63, 3.8) is 0 Å². The summed E-state index contributed by atoms with van der Waals surface area (Å²) in [7, 11) is 3.19. The van der Waals surface area contributed by atoms with Gasteiger partial charge in [-0.05, 0) is 54.4 Å². The molecular weight excluding hydrogens is 464 g/mol. The van der Waals surface area contributed by atoms with E-state index in [-0.39, 0.29) is 16.4 Å². The van der Waals surface area contributed by atoms with Gasteiger partial charge in [0.15, 0.2) is 11.5 Å². The van der Waals surface area contributed by atoms with Crippen LogP contribution in [-0.4, -0.2) is 46.3 Å². The molecule has 2 heterocycles. The molecule has 1 aliphatic heterocycles. The van der Waals surface area contributed by atoms with Crippen LogP contribution >= 0.6 is 11.8 Å². The van der Waals surface area contributed by atoms with Crippen molar-refractivity contribution in [3.05, 3.63) is 83.7 Å². The minimum Gasteiger partial charge on any atom is -0.493 e. The number of hydrogen-bond acceptors (Lipinski definition) is 7. The van der Waals surface area contributed by atoms with Gasteiger partial charge >= 0.3 is 5.24 Å². The lowest BCUT2D eigenvalue weighted by Crippen LogP contribution is -2.34. The molecule has 1 N–H and O–H groups in total. The SMILES string of the molecule is CCC1SC(=O)N(Cc2ccc(NC(=O)c3ccncc3)cc2)N=C1c1ccc(OC)c(OC)c1. The van der Waals surface area contributed by atoms with E-state index in [1.807, 2.05) is 49.4 Å². The second-order valence-electron chi connectivity index (χ2n) is 7.78. The number of aromatic nitrogens is 1. The summed E-state index contributed by atoms with van der Waals surface area (Å²) in [5.41, 5.74) is 3.79. The van der Waals surface area contributed by atoms with Gasteiger partial charge in [-0.1, -0.05) is 30.8 Å². The highest BCUT2D eigenvalue weighted by molar-refractivity contribution is 8.14. The molecular formula is C26H26N4O4S. The number of anilines is 1. The Morgan fingerprint density at radius 2 is 1.74 bits per heavy atom. The van der Waals surface area contributed by atoms with Gasteiger partial charge in [0.2, 0.25) is 0 Å². The first kappa shape index (κ1) is 24.3. The first-order chi connectivity index (χ1) is 17.0. The molecule has 4 rings (SSSR count). The average molecular weight is 491 g/mol. The maximum Gasteiger partial charge on any atom is 0.302 e. The number of pyridine rings is 1. The molecule has 0 saturated heterocycles. The maximum absolute atomic E-state index is 12.8. The van der Waals surface area contributed by atoms with E-state index in [1.165, 1.54) is 16.8 Å². The molecule has 0 bridgehead atoms. The fraction of sp³-hybridized carbons (Fsp3) is 0.231. The third-order valence-corrected chi connectivity index (χ3v) is 6.78. The lowest BCUT2D eigenvalue weighted by atomic mass is 10.0. The van der Waals surface area contributed by atoms with Crippen molar-refractivity contribution in [1.82, 2.24) is 9.99 Å². The lowest BCUT2D eigenvalue weighted by molar-refractivity contribution is 0.102. The van der Waals surface area contributed by atoms with Crippen LogP contribution < -0.4 is 14.8 Å². The van der Waals surface area contributed by atoms with Crippen LogP contribution in [0, 0.1) is 0 Å². The Morgan fingerprint density at radius 1 is 1.03 bits per heavy atom. The molecule has 0 spiro atoms. The van der Waals surface area contributed by atoms with Crippen molar-refractivity contribution in [3.8, 4) is 11.5 Å².